The van der Waals surface area contributed by atoms with Crippen LogP contribution in [-0.4, -0.2) is 0 Å². The van der Waals surface area contributed by atoms with Crippen LogP contribution in [0.1, 0.15) is 44.9 Å². The van der Waals surface area contributed by atoms with Crippen molar-refractivity contribution in [3.63, 3.8) is 0 Å². The lowest BCUT2D eigenvalue weighted by Gasteiger charge is -2.22. The molecule has 0 spiro atoms. The van der Waals surface area contributed by atoms with Crippen LogP contribution in [0.15, 0.2) is 103 Å². The fourth-order valence-electron chi connectivity index (χ4n) is 6.44. The standard InChI is InChI=1S/C34H24/c1-2-6-28-25(5-1)18-26-13-12-23(19-32(26)28)24-15-16-31-33(20-24)29-7-3-4-8-30(29)34(31)27-14-10-21-9-11-22(21)17-27/h1-8,10,12-17,19-20,34H,9,11,18H2. The van der Waals surface area contributed by atoms with Crippen molar-refractivity contribution >= 4 is 0 Å². The zero-order chi connectivity index (χ0) is 22.2. The Morgan fingerprint density at radius 3 is 1.97 bits per heavy atom. The second-order valence-electron chi connectivity index (χ2n) is 10.1. The molecule has 5 aromatic rings. The van der Waals surface area contributed by atoms with Crippen molar-refractivity contribution in [2.45, 2.75) is 25.2 Å². The average molecular weight is 433 g/mol. The molecule has 8 rings (SSSR count). The number of hydrogen-bond acceptors (Lipinski definition) is 0. The lowest BCUT2D eigenvalue weighted by molar-refractivity contribution is 0.829. The second-order valence-corrected chi connectivity index (χ2v) is 10.1. The van der Waals surface area contributed by atoms with Crippen LogP contribution in [0.25, 0.3) is 33.4 Å². The van der Waals surface area contributed by atoms with E-state index in [1.54, 1.807) is 5.56 Å². The fourth-order valence-corrected chi connectivity index (χ4v) is 6.44. The minimum atomic E-state index is 0.332. The first-order chi connectivity index (χ1) is 16.8. The molecule has 1 unspecified atom stereocenters. The lowest BCUT2D eigenvalue weighted by Crippen LogP contribution is -2.10. The van der Waals surface area contributed by atoms with Crippen LogP contribution in [0.2, 0.25) is 0 Å². The molecule has 0 amide bonds. The zero-order valence-electron chi connectivity index (χ0n) is 19.0. The summed E-state index contributed by atoms with van der Waals surface area (Å²) in [5.41, 5.74) is 18.5. The molecular weight excluding hydrogens is 408 g/mol. The van der Waals surface area contributed by atoms with Crippen LogP contribution in [0, 0.1) is 0 Å². The first-order valence-corrected chi connectivity index (χ1v) is 12.4. The molecule has 0 bridgehead atoms. The number of benzene rings is 5. The molecule has 0 heteroatoms. The van der Waals surface area contributed by atoms with Crippen LogP contribution in [0.3, 0.4) is 0 Å². The van der Waals surface area contributed by atoms with E-state index in [0.717, 1.165) is 6.42 Å². The minimum absolute atomic E-state index is 0.332. The largest absolute Gasteiger partial charge is 0.0619 e. The van der Waals surface area contributed by atoms with Gasteiger partial charge in [-0.3, -0.25) is 0 Å². The molecular formula is C34H24. The van der Waals surface area contributed by atoms with Crippen molar-refractivity contribution in [3.8, 4) is 33.4 Å². The van der Waals surface area contributed by atoms with Crippen molar-refractivity contribution in [1.82, 2.24) is 0 Å². The second kappa shape index (κ2) is 6.81. The predicted molar refractivity (Wildman–Crippen MR) is 140 cm³/mol. The van der Waals surface area contributed by atoms with E-state index in [4.69, 9.17) is 0 Å². The van der Waals surface area contributed by atoms with Gasteiger partial charge in [0, 0.05) is 5.92 Å². The Kier molecular flexibility index (Phi) is 3.71. The van der Waals surface area contributed by atoms with Gasteiger partial charge in [-0.2, -0.15) is 0 Å². The number of fused-ring (bicyclic) bond motifs is 7. The van der Waals surface area contributed by atoms with Gasteiger partial charge in [-0.1, -0.05) is 91.0 Å². The van der Waals surface area contributed by atoms with E-state index in [9.17, 15) is 0 Å². The maximum atomic E-state index is 2.46. The van der Waals surface area contributed by atoms with Gasteiger partial charge in [-0.15, -0.1) is 0 Å². The Bertz CT molecular complexity index is 1630. The summed E-state index contributed by atoms with van der Waals surface area (Å²) in [6.45, 7) is 0. The van der Waals surface area contributed by atoms with Crippen LogP contribution >= 0.6 is 0 Å². The van der Waals surface area contributed by atoms with E-state index < -0.39 is 0 Å². The third-order valence-electron chi connectivity index (χ3n) is 8.29. The smallest absolute Gasteiger partial charge is 0.0352 e. The number of rotatable bonds is 2. The van der Waals surface area contributed by atoms with Gasteiger partial charge in [-0.25, -0.2) is 0 Å². The van der Waals surface area contributed by atoms with Gasteiger partial charge in [0.25, 0.3) is 0 Å². The quantitative estimate of drug-likeness (QED) is 0.258. The Hall–Kier alpha value is -3.90. The summed E-state index contributed by atoms with van der Waals surface area (Å²) in [6, 6.07) is 39.2. The molecule has 0 heterocycles. The molecule has 0 nitrogen and oxygen atoms in total. The van der Waals surface area contributed by atoms with Crippen LogP contribution in [0.4, 0.5) is 0 Å². The van der Waals surface area contributed by atoms with E-state index in [1.165, 1.54) is 79.6 Å². The monoisotopic (exact) mass is 432 g/mol. The van der Waals surface area contributed by atoms with Crippen molar-refractivity contribution < 1.29 is 0 Å². The van der Waals surface area contributed by atoms with Gasteiger partial charge in [0.1, 0.15) is 0 Å². The third kappa shape index (κ3) is 2.54. The van der Waals surface area contributed by atoms with Gasteiger partial charge >= 0.3 is 0 Å². The fraction of sp³-hybridized carbons (Fsp3) is 0.118. The molecule has 5 aromatic carbocycles. The topological polar surface area (TPSA) is 0 Å². The van der Waals surface area contributed by atoms with Crippen molar-refractivity contribution in [3.05, 3.63) is 142 Å². The van der Waals surface area contributed by atoms with E-state index in [1.807, 2.05) is 0 Å². The van der Waals surface area contributed by atoms with E-state index in [0.29, 0.717) is 5.92 Å². The summed E-state index contributed by atoms with van der Waals surface area (Å²) in [4.78, 5) is 0. The normalized spacial score (nSPS) is 16.2. The predicted octanol–water partition coefficient (Wildman–Crippen LogP) is 8.18. The summed E-state index contributed by atoms with van der Waals surface area (Å²) < 4.78 is 0. The van der Waals surface area contributed by atoms with Crippen molar-refractivity contribution in [2.75, 3.05) is 0 Å². The molecule has 0 N–H and O–H groups in total. The Morgan fingerprint density at radius 1 is 0.441 bits per heavy atom. The molecule has 34 heavy (non-hydrogen) atoms. The SMILES string of the molecule is c1ccc2c(c1)Cc1ccc(-c3ccc4c(c3)-c3ccccc3C4c3ccc4c(c3)CC4)cc1-2. The molecule has 3 aliphatic rings. The molecule has 0 aromatic heterocycles. The van der Waals surface area contributed by atoms with Gasteiger partial charge in [0.15, 0.2) is 0 Å². The first kappa shape index (κ1) is 18.5. The average Bonchev–Trinajstić information content (AvgIpc) is 3.40. The maximum absolute atomic E-state index is 2.46. The number of hydrogen-bond donors (Lipinski definition) is 0. The van der Waals surface area contributed by atoms with Crippen molar-refractivity contribution in [1.29, 1.82) is 0 Å². The third-order valence-corrected chi connectivity index (χ3v) is 8.29. The van der Waals surface area contributed by atoms with E-state index in [-0.39, 0.29) is 0 Å². The van der Waals surface area contributed by atoms with Gasteiger partial charge in [0.05, 0.1) is 0 Å². The summed E-state index contributed by atoms with van der Waals surface area (Å²) in [5, 5.41) is 0. The Balaban J connectivity index is 1.27. The highest BCUT2D eigenvalue weighted by Gasteiger charge is 2.31. The Labute approximate surface area is 200 Å². The molecule has 1 atom stereocenters. The van der Waals surface area contributed by atoms with Gasteiger partial charge < -0.3 is 0 Å². The summed E-state index contributed by atoms with van der Waals surface area (Å²) in [7, 11) is 0. The molecule has 0 aliphatic heterocycles. The first-order valence-electron chi connectivity index (χ1n) is 12.4. The lowest BCUT2D eigenvalue weighted by atomic mass is 9.82. The molecule has 0 saturated heterocycles. The summed E-state index contributed by atoms with van der Waals surface area (Å²) >= 11 is 0. The molecule has 0 radical (unpaired) electrons. The Morgan fingerprint density at radius 2 is 1.12 bits per heavy atom. The highest BCUT2D eigenvalue weighted by Crippen LogP contribution is 2.50. The minimum Gasteiger partial charge on any atom is -0.0619 e. The molecule has 0 saturated carbocycles. The summed E-state index contributed by atoms with van der Waals surface area (Å²) in [6.07, 6.45) is 3.51. The van der Waals surface area contributed by atoms with Gasteiger partial charge in [-0.05, 0) is 104 Å². The highest BCUT2D eigenvalue weighted by molar-refractivity contribution is 5.86. The van der Waals surface area contributed by atoms with E-state index >= 15 is 0 Å². The van der Waals surface area contributed by atoms with Crippen LogP contribution < -0.4 is 0 Å². The van der Waals surface area contributed by atoms with Gasteiger partial charge in [0.2, 0.25) is 0 Å². The highest BCUT2D eigenvalue weighted by atomic mass is 14.3. The summed E-state index contributed by atoms with van der Waals surface area (Å²) in [5.74, 6) is 0.332. The van der Waals surface area contributed by atoms with Crippen molar-refractivity contribution in [2.24, 2.45) is 0 Å². The molecule has 160 valence electrons. The van der Waals surface area contributed by atoms with Crippen LogP contribution in [0.5, 0.6) is 0 Å². The zero-order valence-corrected chi connectivity index (χ0v) is 19.0. The number of aryl methyl sites for hydroxylation is 2. The van der Waals surface area contributed by atoms with Crippen LogP contribution in [-0.2, 0) is 19.3 Å². The maximum Gasteiger partial charge on any atom is 0.0352 e. The molecule has 3 aliphatic carbocycles. The molecule has 0 fully saturated rings. The van der Waals surface area contributed by atoms with E-state index in [2.05, 4.69) is 103 Å².